The first-order chi connectivity index (χ1) is 7.63. The van der Waals surface area contributed by atoms with E-state index in [0.29, 0.717) is 6.04 Å². The third-order valence-electron chi connectivity index (χ3n) is 2.77. The quantitative estimate of drug-likeness (QED) is 0.841. The molecule has 0 bridgehead atoms. The minimum absolute atomic E-state index is 0.176. The molecule has 0 aromatic heterocycles. The molecule has 1 aromatic carbocycles. The molecular weight excluding hydrogens is 266 g/mol. The van der Waals surface area contributed by atoms with Gasteiger partial charge in [0.1, 0.15) is 0 Å². The summed E-state index contributed by atoms with van der Waals surface area (Å²) in [6.45, 7) is 5.00. The molecule has 2 atom stereocenters. The zero-order chi connectivity index (χ0) is 12.0. The van der Waals surface area contributed by atoms with Gasteiger partial charge < -0.3 is 10.4 Å². The van der Waals surface area contributed by atoms with E-state index in [-0.39, 0.29) is 6.10 Å². The molecule has 1 aromatic rings. The van der Waals surface area contributed by atoms with E-state index in [2.05, 4.69) is 52.4 Å². The largest absolute Gasteiger partial charge is 0.393 e. The Morgan fingerprint density at radius 2 is 1.94 bits per heavy atom. The van der Waals surface area contributed by atoms with Gasteiger partial charge >= 0.3 is 0 Å². The van der Waals surface area contributed by atoms with E-state index in [1.165, 1.54) is 5.56 Å². The van der Waals surface area contributed by atoms with Crippen molar-refractivity contribution in [2.75, 3.05) is 6.54 Å². The van der Waals surface area contributed by atoms with Crippen molar-refractivity contribution < 1.29 is 5.11 Å². The van der Waals surface area contributed by atoms with Gasteiger partial charge in [-0.2, -0.15) is 0 Å². The molecule has 0 aliphatic rings. The van der Waals surface area contributed by atoms with Crippen molar-refractivity contribution in [2.45, 2.75) is 38.8 Å². The van der Waals surface area contributed by atoms with E-state index in [4.69, 9.17) is 0 Å². The van der Waals surface area contributed by atoms with Crippen LogP contribution in [0.5, 0.6) is 0 Å². The summed E-state index contributed by atoms with van der Waals surface area (Å²) in [5, 5.41) is 12.8. The Bertz CT molecular complexity index is 299. The normalized spacial score (nSPS) is 14.8. The molecule has 0 spiro atoms. The fraction of sp³-hybridized carbons (Fsp3) is 0.538. The molecule has 16 heavy (non-hydrogen) atoms. The van der Waals surface area contributed by atoms with Crippen LogP contribution in [-0.4, -0.2) is 17.8 Å². The highest BCUT2D eigenvalue weighted by Gasteiger charge is 2.05. The van der Waals surface area contributed by atoms with Crippen molar-refractivity contribution in [1.82, 2.24) is 5.32 Å². The summed E-state index contributed by atoms with van der Waals surface area (Å²) in [6.07, 6.45) is 1.47. The van der Waals surface area contributed by atoms with Gasteiger partial charge in [-0.25, -0.2) is 0 Å². The first kappa shape index (κ1) is 13.7. The first-order valence-corrected chi connectivity index (χ1v) is 6.59. The van der Waals surface area contributed by atoms with Crippen LogP contribution in [0.15, 0.2) is 28.7 Å². The van der Waals surface area contributed by atoms with Gasteiger partial charge in [0.15, 0.2) is 0 Å². The Kier molecular flexibility index (Phi) is 6.03. The van der Waals surface area contributed by atoms with E-state index >= 15 is 0 Å². The molecule has 0 saturated carbocycles. The predicted molar refractivity (Wildman–Crippen MR) is 71.5 cm³/mol. The maximum Gasteiger partial charge on any atom is 0.0549 e. The van der Waals surface area contributed by atoms with Crippen LogP contribution in [0.2, 0.25) is 0 Å². The lowest BCUT2D eigenvalue weighted by atomic mass is 10.1. The van der Waals surface area contributed by atoms with Gasteiger partial charge in [-0.15, -0.1) is 0 Å². The summed E-state index contributed by atoms with van der Waals surface area (Å²) in [7, 11) is 0. The van der Waals surface area contributed by atoms with Gasteiger partial charge in [-0.1, -0.05) is 35.0 Å². The number of aliphatic hydroxyl groups excluding tert-OH is 1. The lowest BCUT2D eigenvalue weighted by Crippen LogP contribution is -2.23. The Morgan fingerprint density at radius 3 is 2.50 bits per heavy atom. The van der Waals surface area contributed by atoms with Crippen molar-refractivity contribution >= 4 is 15.9 Å². The monoisotopic (exact) mass is 285 g/mol. The van der Waals surface area contributed by atoms with Gasteiger partial charge in [-0.3, -0.25) is 0 Å². The van der Waals surface area contributed by atoms with Crippen molar-refractivity contribution in [2.24, 2.45) is 0 Å². The van der Waals surface area contributed by atoms with Gasteiger partial charge in [0.05, 0.1) is 6.10 Å². The summed E-state index contributed by atoms with van der Waals surface area (Å²) in [5.74, 6) is 0. The van der Waals surface area contributed by atoms with Crippen LogP contribution in [0.4, 0.5) is 0 Å². The fourth-order valence-corrected chi connectivity index (χ4v) is 1.80. The van der Waals surface area contributed by atoms with E-state index in [0.717, 1.165) is 23.9 Å². The molecule has 2 nitrogen and oxygen atoms in total. The number of halogens is 1. The van der Waals surface area contributed by atoms with E-state index in [9.17, 15) is 5.11 Å². The van der Waals surface area contributed by atoms with Crippen molar-refractivity contribution in [1.29, 1.82) is 0 Å². The predicted octanol–water partition coefficient (Wildman–Crippen LogP) is 3.26. The second kappa shape index (κ2) is 7.05. The second-order valence-electron chi connectivity index (χ2n) is 4.08. The fourth-order valence-electron chi connectivity index (χ4n) is 1.54. The average molecular weight is 286 g/mol. The van der Waals surface area contributed by atoms with Gasteiger partial charge in [0, 0.05) is 10.5 Å². The maximum absolute atomic E-state index is 9.43. The molecule has 0 fully saturated rings. The number of nitrogens with one attached hydrogen (secondary N) is 1. The topological polar surface area (TPSA) is 32.3 Å². The average Bonchev–Trinajstić information content (AvgIpc) is 2.29. The minimum Gasteiger partial charge on any atom is -0.393 e. The summed E-state index contributed by atoms with van der Waals surface area (Å²) in [6, 6.07) is 8.65. The smallest absolute Gasteiger partial charge is 0.0549 e. The lowest BCUT2D eigenvalue weighted by Gasteiger charge is -2.15. The lowest BCUT2D eigenvalue weighted by molar-refractivity contribution is 0.159. The Hall–Kier alpha value is -0.380. The highest BCUT2D eigenvalue weighted by atomic mass is 79.9. The minimum atomic E-state index is -0.176. The van der Waals surface area contributed by atoms with Crippen LogP contribution in [0, 0.1) is 0 Å². The highest BCUT2D eigenvalue weighted by Crippen LogP contribution is 2.16. The van der Waals surface area contributed by atoms with Crippen molar-refractivity contribution in [3.8, 4) is 0 Å². The van der Waals surface area contributed by atoms with Crippen LogP contribution in [0.1, 0.15) is 38.3 Å². The Balaban J connectivity index is 2.35. The van der Waals surface area contributed by atoms with E-state index in [1.807, 2.05) is 6.92 Å². The zero-order valence-corrected chi connectivity index (χ0v) is 11.5. The van der Waals surface area contributed by atoms with E-state index < -0.39 is 0 Å². The number of benzene rings is 1. The second-order valence-corrected chi connectivity index (χ2v) is 4.99. The Labute approximate surface area is 106 Å². The molecule has 0 aliphatic heterocycles. The molecule has 0 saturated heterocycles. The third kappa shape index (κ3) is 4.64. The van der Waals surface area contributed by atoms with Crippen molar-refractivity contribution in [3.63, 3.8) is 0 Å². The van der Waals surface area contributed by atoms with Crippen LogP contribution in [0.3, 0.4) is 0 Å². The number of rotatable bonds is 6. The zero-order valence-electron chi connectivity index (χ0n) is 9.91. The summed E-state index contributed by atoms with van der Waals surface area (Å²) in [5.41, 5.74) is 1.27. The van der Waals surface area contributed by atoms with Crippen LogP contribution >= 0.6 is 15.9 Å². The Morgan fingerprint density at radius 1 is 1.31 bits per heavy atom. The molecule has 0 heterocycles. The molecule has 0 radical (unpaired) electrons. The molecule has 3 heteroatoms. The maximum atomic E-state index is 9.43. The molecule has 90 valence electrons. The number of hydrogen-bond acceptors (Lipinski definition) is 2. The SMILES string of the molecule is CCC(O)CCNC(C)c1ccc(Br)cc1. The van der Waals surface area contributed by atoms with Crippen LogP contribution < -0.4 is 5.32 Å². The third-order valence-corrected chi connectivity index (χ3v) is 3.30. The highest BCUT2D eigenvalue weighted by molar-refractivity contribution is 9.10. The molecule has 0 aliphatic carbocycles. The number of aliphatic hydroxyl groups is 1. The molecule has 1 rings (SSSR count). The van der Waals surface area contributed by atoms with E-state index in [1.54, 1.807) is 0 Å². The standard InChI is InChI=1S/C13H20BrNO/c1-3-13(16)8-9-15-10(2)11-4-6-12(14)7-5-11/h4-7,10,13,15-16H,3,8-9H2,1-2H3. The van der Waals surface area contributed by atoms with Gasteiger partial charge in [0.2, 0.25) is 0 Å². The molecule has 2 N–H and O–H groups in total. The van der Waals surface area contributed by atoms with Crippen LogP contribution in [-0.2, 0) is 0 Å². The summed E-state index contributed by atoms with van der Waals surface area (Å²) >= 11 is 3.42. The summed E-state index contributed by atoms with van der Waals surface area (Å²) in [4.78, 5) is 0. The molecular formula is C13H20BrNO. The van der Waals surface area contributed by atoms with Gasteiger partial charge in [-0.05, 0) is 44.0 Å². The van der Waals surface area contributed by atoms with Gasteiger partial charge in [0.25, 0.3) is 0 Å². The molecule has 2 unspecified atom stereocenters. The molecule has 0 amide bonds. The van der Waals surface area contributed by atoms with Crippen molar-refractivity contribution in [3.05, 3.63) is 34.3 Å². The summed E-state index contributed by atoms with van der Waals surface area (Å²) < 4.78 is 1.10. The number of hydrogen-bond donors (Lipinski definition) is 2. The van der Waals surface area contributed by atoms with Crippen LogP contribution in [0.25, 0.3) is 0 Å². The first-order valence-electron chi connectivity index (χ1n) is 5.80.